The van der Waals surface area contributed by atoms with Crippen molar-refractivity contribution in [3.63, 3.8) is 0 Å². The second kappa shape index (κ2) is 7.16. The summed E-state index contributed by atoms with van der Waals surface area (Å²) in [5, 5.41) is 14.8. The fraction of sp³-hybridized carbons (Fsp3) is 0.158. The SMILES string of the molecule is Cc1nc(-c2cnn(C)c2)sc1C(=O)NCc1ccc(-c2ccn[nH]2)cc1. The number of nitrogens with zero attached hydrogens (tertiary/aromatic N) is 4. The van der Waals surface area contributed by atoms with Crippen molar-refractivity contribution in [2.24, 2.45) is 7.05 Å². The number of aromatic nitrogens is 5. The quantitative estimate of drug-likeness (QED) is 0.558. The maximum atomic E-state index is 12.6. The Morgan fingerprint density at radius 1 is 1.22 bits per heavy atom. The number of nitrogens with one attached hydrogen (secondary N) is 2. The van der Waals surface area contributed by atoms with Gasteiger partial charge in [0.05, 0.1) is 17.6 Å². The molecule has 0 unspecified atom stereocenters. The molecule has 7 nitrogen and oxygen atoms in total. The fourth-order valence-electron chi connectivity index (χ4n) is 2.74. The van der Waals surface area contributed by atoms with Gasteiger partial charge in [0.25, 0.3) is 5.91 Å². The molecule has 8 heteroatoms. The maximum Gasteiger partial charge on any atom is 0.263 e. The van der Waals surface area contributed by atoms with Gasteiger partial charge in [0.2, 0.25) is 0 Å². The molecule has 1 aromatic carbocycles. The number of amides is 1. The Hall–Kier alpha value is -3.26. The minimum absolute atomic E-state index is 0.113. The van der Waals surface area contributed by atoms with Crippen molar-refractivity contribution < 1.29 is 4.79 Å². The van der Waals surface area contributed by atoms with Crippen LogP contribution in [0.15, 0.2) is 48.9 Å². The summed E-state index contributed by atoms with van der Waals surface area (Å²) in [6.07, 6.45) is 5.36. The molecule has 0 saturated carbocycles. The zero-order valence-corrected chi connectivity index (χ0v) is 15.7. The zero-order valence-electron chi connectivity index (χ0n) is 14.9. The summed E-state index contributed by atoms with van der Waals surface area (Å²) in [5.74, 6) is -0.113. The Labute approximate surface area is 160 Å². The zero-order chi connectivity index (χ0) is 18.8. The molecule has 0 atom stereocenters. The number of H-pyrrole nitrogens is 1. The molecular formula is C19H18N6OS. The van der Waals surface area contributed by atoms with Gasteiger partial charge in [0.15, 0.2) is 0 Å². The summed E-state index contributed by atoms with van der Waals surface area (Å²) < 4.78 is 1.72. The van der Waals surface area contributed by atoms with Crippen LogP contribution in [-0.2, 0) is 13.6 Å². The van der Waals surface area contributed by atoms with Crippen molar-refractivity contribution in [3.8, 4) is 21.8 Å². The molecule has 27 heavy (non-hydrogen) atoms. The van der Waals surface area contributed by atoms with Crippen LogP contribution in [0, 0.1) is 6.92 Å². The van der Waals surface area contributed by atoms with Crippen LogP contribution in [0.25, 0.3) is 21.8 Å². The van der Waals surface area contributed by atoms with E-state index in [1.807, 2.05) is 50.5 Å². The number of aryl methyl sites for hydroxylation is 2. The predicted molar refractivity (Wildman–Crippen MR) is 104 cm³/mol. The normalized spacial score (nSPS) is 10.9. The lowest BCUT2D eigenvalue weighted by Gasteiger charge is -2.05. The number of carbonyl (C=O) groups is 1. The minimum Gasteiger partial charge on any atom is -0.347 e. The van der Waals surface area contributed by atoms with Crippen LogP contribution in [0.5, 0.6) is 0 Å². The highest BCUT2D eigenvalue weighted by molar-refractivity contribution is 7.17. The summed E-state index contributed by atoms with van der Waals surface area (Å²) in [5.41, 5.74) is 4.70. The number of thiazole rings is 1. The van der Waals surface area contributed by atoms with E-state index in [1.54, 1.807) is 17.1 Å². The van der Waals surface area contributed by atoms with Gasteiger partial charge in [-0.05, 0) is 24.1 Å². The van der Waals surface area contributed by atoms with E-state index in [0.29, 0.717) is 11.4 Å². The summed E-state index contributed by atoms with van der Waals surface area (Å²) >= 11 is 1.38. The summed E-state index contributed by atoms with van der Waals surface area (Å²) in [6, 6.07) is 9.93. The third-order valence-electron chi connectivity index (χ3n) is 4.17. The van der Waals surface area contributed by atoms with Crippen LogP contribution in [0.3, 0.4) is 0 Å². The van der Waals surface area contributed by atoms with E-state index in [1.165, 1.54) is 11.3 Å². The number of carbonyl (C=O) groups excluding carboxylic acids is 1. The largest absolute Gasteiger partial charge is 0.347 e. The van der Waals surface area contributed by atoms with Crippen molar-refractivity contribution in [2.45, 2.75) is 13.5 Å². The minimum atomic E-state index is -0.113. The van der Waals surface area contributed by atoms with Crippen LogP contribution in [0.4, 0.5) is 0 Å². The van der Waals surface area contributed by atoms with E-state index < -0.39 is 0 Å². The van der Waals surface area contributed by atoms with Crippen LogP contribution in [0.1, 0.15) is 20.9 Å². The molecule has 0 spiro atoms. The summed E-state index contributed by atoms with van der Waals surface area (Å²) in [4.78, 5) is 17.7. The van der Waals surface area contributed by atoms with Gasteiger partial charge >= 0.3 is 0 Å². The molecule has 4 rings (SSSR count). The number of rotatable bonds is 5. The van der Waals surface area contributed by atoms with Gasteiger partial charge < -0.3 is 5.32 Å². The Kier molecular flexibility index (Phi) is 4.55. The fourth-order valence-corrected chi connectivity index (χ4v) is 3.70. The van der Waals surface area contributed by atoms with E-state index in [4.69, 9.17) is 0 Å². The molecule has 0 fully saturated rings. The van der Waals surface area contributed by atoms with E-state index in [2.05, 4.69) is 25.6 Å². The van der Waals surface area contributed by atoms with Crippen molar-refractivity contribution in [1.29, 1.82) is 0 Å². The van der Waals surface area contributed by atoms with Gasteiger partial charge in [-0.25, -0.2) is 4.98 Å². The first-order valence-corrected chi connectivity index (χ1v) is 9.25. The van der Waals surface area contributed by atoms with Gasteiger partial charge in [-0.1, -0.05) is 24.3 Å². The number of aromatic amines is 1. The van der Waals surface area contributed by atoms with Gasteiger partial charge in [-0.3, -0.25) is 14.6 Å². The molecular weight excluding hydrogens is 360 g/mol. The molecule has 0 saturated heterocycles. The van der Waals surface area contributed by atoms with Crippen LogP contribution in [0.2, 0.25) is 0 Å². The molecule has 0 aliphatic heterocycles. The molecule has 0 aliphatic carbocycles. The monoisotopic (exact) mass is 378 g/mol. The highest BCUT2D eigenvalue weighted by Gasteiger charge is 2.16. The Balaban J connectivity index is 1.43. The first-order valence-electron chi connectivity index (χ1n) is 8.43. The van der Waals surface area contributed by atoms with Crippen molar-refractivity contribution in [3.05, 3.63) is 65.1 Å². The molecule has 0 bridgehead atoms. The molecule has 2 N–H and O–H groups in total. The lowest BCUT2D eigenvalue weighted by atomic mass is 10.1. The topological polar surface area (TPSA) is 88.5 Å². The van der Waals surface area contributed by atoms with Gasteiger partial charge in [0, 0.05) is 31.5 Å². The molecule has 4 aromatic rings. The van der Waals surface area contributed by atoms with Gasteiger partial charge in [-0.2, -0.15) is 10.2 Å². The third kappa shape index (κ3) is 3.65. The smallest absolute Gasteiger partial charge is 0.263 e. The highest BCUT2D eigenvalue weighted by Crippen LogP contribution is 2.27. The number of hydrogen-bond acceptors (Lipinski definition) is 5. The van der Waals surface area contributed by atoms with E-state index in [9.17, 15) is 4.79 Å². The molecule has 0 radical (unpaired) electrons. The highest BCUT2D eigenvalue weighted by atomic mass is 32.1. The van der Waals surface area contributed by atoms with E-state index in [-0.39, 0.29) is 5.91 Å². The maximum absolute atomic E-state index is 12.6. The Morgan fingerprint density at radius 2 is 2.04 bits per heavy atom. The average molecular weight is 378 g/mol. The lowest BCUT2D eigenvalue weighted by molar-refractivity contribution is 0.0954. The van der Waals surface area contributed by atoms with Gasteiger partial charge in [0.1, 0.15) is 9.88 Å². The Morgan fingerprint density at radius 3 is 2.70 bits per heavy atom. The second-order valence-electron chi connectivity index (χ2n) is 6.19. The Bertz CT molecular complexity index is 1060. The molecule has 3 aromatic heterocycles. The molecule has 136 valence electrons. The lowest BCUT2D eigenvalue weighted by Crippen LogP contribution is -2.22. The van der Waals surface area contributed by atoms with Gasteiger partial charge in [-0.15, -0.1) is 11.3 Å². The van der Waals surface area contributed by atoms with E-state index >= 15 is 0 Å². The first-order chi connectivity index (χ1) is 13.1. The van der Waals surface area contributed by atoms with Crippen molar-refractivity contribution in [2.75, 3.05) is 0 Å². The molecule has 1 amide bonds. The van der Waals surface area contributed by atoms with Crippen molar-refractivity contribution >= 4 is 17.2 Å². The van der Waals surface area contributed by atoms with Crippen LogP contribution < -0.4 is 5.32 Å². The number of hydrogen-bond donors (Lipinski definition) is 2. The average Bonchev–Trinajstić information content (AvgIpc) is 3.41. The van der Waals surface area contributed by atoms with E-state index in [0.717, 1.165) is 33.1 Å². The summed E-state index contributed by atoms with van der Waals surface area (Å²) in [6.45, 7) is 2.31. The standard InChI is InChI=1S/C19H18N6OS/c1-12-17(27-19(23-12)15-10-22-25(2)11-15)18(26)20-9-13-3-5-14(6-4-13)16-7-8-21-24-16/h3-8,10-11H,9H2,1-2H3,(H,20,26)(H,21,24). The van der Waals surface area contributed by atoms with Crippen molar-refractivity contribution in [1.82, 2.24) is 30.3 Å². The third-order valence-corrected chi connectivity index (χ3v) is 5.38. The predicted octanol–water partition coefficient (Wildman–Crippen LogP) is 3.17. The molecule has 0 aliphatic rings. The van der Waals surface area contributed by atoms with Crippen LogP contribution >= 0.6 is 11.3 Å². The number of benzene rings is 1. The second-order valence-corrected chi connectivity index (χ2v) is 7.19. The first kappa shape index (κ1) is 17.2. The van der Waals surface area contributed by atoms with Crippen LogP contribution in [-0.4, -0.2) is 30.9 Å². The molecule has 3 heterocycles. The summed E-state index contributed by atoms with van der Waals surface area (Å²) in [7, 11) is 1.86.